The number of aryl methyl sites for hydroxylation is 2. The first-order valence-electron chi connectivity index (χ1n) is 9.46. The Morgan fingerprint density at radius 3 is 2.00 bits per heavy atom. The van der Waals surface area contributed by atoms with Crippen molar-refractivity contribution in [2.75, 3.05) is 6.61 Å². The summed E-state index contributed by atoms with van der Waals surface area (Å²) in [7, 11) is 0. The van der Waals surface area contributed by atoms with Gasteiger partial charge in [0.05, 0.1) is 17.7 Å². The zero-order chi connectivity index (χ0) is 18.6. The van der Waals surface area contributed by atoms with Crippen LogP contribution in [0.15, 0.2) is 42.5 Å². The molecule has 0 aliphatic rings. The lowest BCUT2D eigenvalue weighted by Crippen LogP contribution is -2.04. The van der Waals surface area contributed by atoms with Crippen molar-refractivity contribution >= 4 is 12.6 Å². The summed E-state index contributed by atoms with van der Waals surface area (Å²) in [6.45, 7) is 2.40. The van der Waals surface area contributed by atoms with Crippen LogP contribution < -0.4 is 4.74 Å². The van der Waals surface area contributed by atoms with E-state index in [2.05, 4.69) is 30.3 Å². The molecule has 2 rings (SSSR count). The lowest BCUT2D eigenvalue weighted by atomic mass is 10.0. The van der Waals surface area contributed by atoms with Gasteiger partial charge in [-0.05, 0) is 49.4 Å². The molecular weight excluding hydrogens is 324 g/mol. The number of aldehydes is 2. The summed E-state index contributed by atoms with van der Waals surface area (Å²) in [5.74, 6) is 0.420. The molecule has 0 saturated heterocycles. The average Bonchev–Trinajstić information content (AvgIpc) is 2.67. The van der Waals surface area contributed by atoms with Crippen molar-refractivity contribution in [1.29, 1.82) is 0 Å². The molecule has 0 aliphatic carbocycles. The minimum absolute atomic E-state index is 0.420. The molecule has 0 N–H and O–H groups in total. The third-order valence-electron chi connectivity index (χ3n) is 4.49. The Morgan fingerprint density at radius 2 is 1.38 bits per heavy atom. The zero-order valence-electron chi connectivity index (χ0n) is 15.6. The van der Waals surface area contributed by atoms with Gasteiger partial charge in [-0.2, -0.15) is 0 Å². The van der Waals surface area contributed by atoms with E-state index in [0.29, 0.717) is 23.5 Å². The van der Waals surface area contributed by atoms with Crippen LogP contribution in [0.2, 0.25) is 0 Å². The quantitative estimate of drug-likeness (QED) is 0.370. The fraction of sp³-hybridized carbons (Fsp3) is 0.391. The second-order valence-electron chi connectivity index (χ2n) is 6.71. The lowest BCUT2D eigenvalue weighted by molar-refractivity contribution is 0.111. The van der Waals surface area contributed by atoms with E-state index in [4.69, 9.17) is 4.74 Å². The standard InChI is InChI=1S/C23H28O3/c1-19-15-21(17-24)23(22(16-19)18-25)26-14-10-5-3-2-4-7-11-20-12-8-6-9-13-20/h6,8-9,12-13,15-18H,2-5,7,10-11,14H2,1H3. The number of benzene rings is 2. The van der Waals surface area contributed by atoms with Crippen LogP contribution in [-0.4, -0.2) is 19.2 Å². The van der Waals surface area contributed by atoms with Gasteiger partial charge in [0, 0.05) is 0 Å². The molecule has 3 nitrogen and oxygen atoms in total. The van der Waals surface area contributed by atoms with Gasteiger partial charge >= 0.3 is 0 Å². The molecule has 2 aromatic carbocycles. The van der Waals surface area contributed by atoms with E-state index in [1.807, 2.05) is 6.92 Å². The maximum atomic E-state index is 11.2. The normalized spacial score (nSPS) is 10.5. The first-order valence-corrected chi connectivity index (χ1v) is 9.46. The van der Waals surface area contributed by atoms with Crippen LogP contribution in [0.1, 0.15) is 70.4 Å². The van der Waals surface area contributed by atoms with E-state index in [1.54, 1.807) is 12.1 Å². The van der Waals surface area contributed by atoms with E-state index >= 15 is 0 Å². The molecule has 0 spiro atoms. The third kappa shape index (κ3) is 6.47. The monoisotopic (exact) mass is 352 g/mol. The highest BCUT2D eigenvalue weighted by Crippen LogP contribution is 2.24. The van der Waals surface area contributed by atoms with E-state index in [1.165, 1.54) is 31.2 Å². The molecule has 138 valence electrons. The van der Waals surface area contributed by atoms with Crippen molar-refractivity contribution in [2.45, 2.75) is 51.9 Å². The van der Waals surface area contributed by atoms with Crippen LogP contribution in [0.25, 0.3) is 0 Å². The van der Waals surface area contributed by atoms with Crippen molar-refractivity contribution < 1.29 is 14.3 Å². The minimum Gasteiger partial charge on any atom is -0.492 e. The molecule has 0 unspecified atom stereocenters. The SMILES string of the molecule is Cc1cc(C=O)c(OCCCCCCCCc2ccccc2)c(C=O)c1. The van der Waals surface area contributed by atoms with Gasteiger partial charge in [-0.15, -0.1) is 0 Å². The van der Waals surface area contributed by atoms with Crippen LogP contribution in [0.4, 0.5) is 0 Å². The summed E-state index contributed by atoms with van der Waals surface area (Å²) in [5.41, 5.74) is 3.20. The van der Waals surface area contributed by atoms with Crippen molar-refractivity contribution in [2.24, 2.45) is 0 Å². The molecule has 0 fully saturated rings. The number of hydrogen-bond donors (Lipinski definition) is 0. The van der Waals surface area contributed by atoms with Crippen LogP contribution in [0, 0.1) is 6.92 Å². The van der Waals surface area contributed by atoms with Crippen LogP contribution in [0.5, 0.6) is 5.75 Å². The van der Waals surface area contributed by atoms with Crippen LogP contribution in [-0.2, 0) is 6.42 Å². The molecule has 3 heteroatoms. The highest BCUT2D eigenvalue weighted by Gasteiger charge is 2.10. The molecule has 0 saturated carbocycles. The van der Waals surface area contributed by atoms with E-state index in [9.17, 15) is 9.59 Å². The molecule has 0 radical (unpaired) electrons. The number of unbranched alkanes of at least 4 members (excludes halogenated alkanes) is 5. The van der Waals surface area contributed by atoms with Gasteiger partial charge < -0.3 is 4.74 Å². The van der Waals surface area contributed by atoms with E-state index in [0.717, 1.165) is 37.4 Å². The summed E-state index contributed by atoms with van der Waals surface area (Å²) < 4.78 is 5.73. The maximum absolute atomic E-state index is 11.2. The summed E-state index contributed by atoms with van der Waals surface area (Å²) in [6, 6.07) is 14.1. The fourth-order valence-electron chi connectivity index (χ4n) is 3.13. The molecule has 2 aromatic rings. The number of carbonyl (C=O) groups excluding carboxylic acids is 2. The first kappa shape index (κ1) is 19.9. The van der Waals surface area contributed by atoms with E-state index in [-0.39, 0.29) is 0 Å². The highest BCUT2D eigenvalue weighted by atomic mass is 16.5. The Bertz CT molecular complexity index is 663. The lowest BCUT2D eigenvalue weighted by Gasteiger charge is -2.11. The van der Waals surface area contributed by atoms with Crippen molar-refractivity contribution in [3.8, 4) is 5.75 Å². The Hall–Kier alpha value is -2.42. The minimum atomic E-state index is 0.420. The molecule has 0 amide bonds. The zero-order valence-corrected chi connectivity index (χ0v) is 15.6. The predicted molar refractivity (Wildman–Crippen MR) is 105 cm³/mol. The summed E-state index contributed by atoms with van der Waals surface area (Å²) in [4.78, 5) is 22.4. The number of carbonyl (C=O) groups is 2. The molecule has 26 heavy (non-hydrogen) atoms. The van der Waals surface area contributed by atoms with Crippen molar-refractivity contribution in [1.82, 2.24) is 0 Å². The Morgan fingerprint density at radius 1 is 0.808 bits per heavy atom. The summed E-state index contributed by atoms with van der Waals surface area (Å²) >= 11 is 0. The first-order chi connectivity index (χ1) is 12.7. The maximum Gasteiger partial charge on any atom is 0.153 e. The van der Waals surface area contributed by atoms with Crippen molar-refractivity contribution in [3.05, 3.63) is 64.7 Å². The molecule has 0 bridgehead atoms. The van der Waals surface area contributed by atoms with Gasteiger partial charge in [-0.3, -0.25) is 9.59 Å². The average molecular weight is 352 g/mol. The molecule has 0 heterocycles. The Balaban J connectivity index is 1.61. The second kappa shape index (κ2) is 11.2. The summed E-state index contributed by atoms with van der Waals surface area (Å²) in [6.07, 6.45) is 9.59. The molecule has 0 atom stereocenters. The Labute approximate surface area is 156 Å². The molecule has 0 aromatic heterocycles. The van der Waals surface area contributed by atoms with Crippen LogP contribution in [0.3, 0.4) is 0 Å². The number of rotatable bonds is 12. The smallest absolute Gasteiger partial charge is 0.153 e. The fourth-order valence-corrected chi connectivity index (χ4v) is 3.13. The largest absolute Gasteiger partial charge is 0.492 e. The van der Waals surface area contributed by atoms with Crippen LogP contribution >= 0.6 is 0 Å². The Kier molecular flexibility index (Phi) is 8.61. The molecule has 0 aliphatic heterocycles. The van der Waals surface area contributed by atoms with Gasteiger partial charge in [0.2, 0.25) is 0 Å². The number of ether oxygens (including phenoxy) is 1. The van der Waals surface area contributed by atoms with Gasteiger partial charge in [0.25, 0.3) is 0 Å². The van der Waals surface area contributed by atoms with E-state index < -0.39 is 0 Å². The van der Waals surface area contributed by atoms with Gasteiger partial charge in [0.15, 0.2) is 12.6 Å². The third-order valence-corrected chi connectivity index (χ3v) is 4.49. The highest BCUT2D eigenvalue weighted by molar-refractivity contribution is 5.89. The van der Waals surface area contributed by atoms with Gasteiger partial charge in [-0.25, -0.2) is 0 Å². The topological polar surface area (TPSA) is 43.4 Å². The number of hydrogen-bond acceptors (Lipinski definition) is 3. The second-order valence-corrected chi connectivity index (χ2v) is 6.71. The predicted octanol–water partition coefficient (Wildman–Crippen LogP) is 5.58. The van der Waals surface area contributed by atoms with Gasteiger partial charge in [-0.1, -0.05) is 56.0 Å². The van der Waals surface area contributed by atoms with Gasteiger partial charge in [0.1, 0.15) is 5.75 Å². The van der Waals surface area contributed by atoms with Crippen molar-refractivity contribution in [3.63, 3.8) is 0 Å². The summed E-state index contributed by atoms with van der Waals surface area (Å²) in [5, 5.41) is 0. The molecular formula is C23H28O3.